The molecule has 41 heavy (non-hydrogen) atoms. The number of fused-ring (bicyclic) bond motifs is 5. The van der Waals surface area contributed by atoms with Crippen molar-refractivity contribution >= 4 is 44.6 Å². The number of phosphoric acid groups is 1. The zero-order chi connectivity index (χ0) is 29.1. The number of nitrogen functional groups attached to an aromatic ring is 1. The lowest BCUT2D eigenvalue weighted by Gasteiger charge is -2.25. The second-order valence-electron chi connectivity index (χ2n) is 9.06. The average molecular weight is 639 g/mol. The van der Waals surface area contributed by atoms with E-state index in [0.29, 0.717) is 0 Å². The second kappa shape index (κ2) is 11.0. The summed E-state index contributed by atoms with van der Waals surface area (Å²) in [5.74, 6) is 0.0339. The van der Waals surface area contributed by atoms with Crippen molar-refractivity contribution in [3.8, 4) is 0 Å². The third-order valence-electron chi connectivity index (χ3n) is 6.53. The molecular weight excluding hydrogens is 618 g/mol. The van der Waals surface area contributed by atoms with E-state index in [-0.39, 0.29) is 17.0 Å². The molecule has 4 bridgehead atoms. The van der Waals surface area contributed by atoms with Crippen molar-refractivity contribution < 1.29 is 45.8 Å². The maximum atomic E-state index is 15.7. The Morgan fingerprint density at radius 2 is 1.80 bits per heavy atom. The van der Waals surface area contributed by atoms with Crippen LogP contribution >= 0.6 is 27.6 Å². The fraction of sp³-hybridized carbons (Fsp3) is 0.526. The first-order chi connectivity index (χ1) is 19.5. The summed E-state index contributed by atoms with van der Waals surface area (Å²) in [6, 6.07) is 1.01. The first-order valence-electron chi connectivity index (χ1n) is 11.8. The Kier molecular flexibility index (Phi) is 7.73. The lowest BCUT2D eigenvalue weighted by Crippen LogP contribution is -2.37. The number of anilines is 1. The van der Waals surface area contributed by atoms with Gasteiger partial charge in [0.1, 0.15) is 36.3 Å². The van der Waals surface area contributed by atoms with Gasteiger partial charge in [0, 0.05) is 12.3 Å². The van der Waals surface area contributed by atoms with Gasteiger partial charge in [-0.2, -0.15) is 0 Å². The second-order valence-corrected chi connectivity index (χ2v) is 12.4. The predicted octanol–water partition coefficient (Wildman–Crippen LogP) is 0.504. The van der Waals surface area contributed by atoms with Crippen molar-refractivity contribution in [2.24, 2.45) is 0 Å². The number of rotatable bonds is 2. The van der Waals surface area contributed by atoms with Crippen LogP contribution in [0.5, 0.6) is 0 Å². The number of thiol groups is 1. The Bertz CT molecular complexity index is 1610. The zero-order valence-electron chi connectivity index (χ0n) is 20.4. The van der Waals surface area contributed by atoms with Crippen LogP contribution in [0.1, 0.15) is 12.5 Å². The normalized spacial score (nSPS) is 38.2. The van der Waals surface area contributed by atoms with Gasteiger partial charge < -0.3 is 29.1 Å². The number of aromatic nitrogens is 6. The molecule has 3 aromatic heterocycles. The number of imidazole rings is 1. The van der Waals surface area contributed by atoms with Crippen molar-refractivity contribution in [2.45, 2.75) is 49.2 Å². The maximum Gasteiger partial charge on any atom is 0.472 e. The monoisotopic (exact) mass is 639 g/mol. The van der Waals surface area contributed by atoms with Crippen LogP contribution in [0.3, 0.4) is 0 Å². The number of H-pyrrole nitrogens is 1. The van der Waals surface area contributed by atoms with E-state index in [4.69, 9.17) is 33.3 Å². The Morgan fingerprint density at radius 3 is 2.56 bits per heavy atom. The number of hydrogen-bond donors (Lipinski definition) is 4. The van der Waals surface area contributed by atoms with E-state index in [1.165, 1.54) is 10.9 Å². The van der Waals surface area contributed by atoms with Gasteiger partial charge in [0.2, 0.25) is 7.58 Å². The van der Waals surface area contributed by atoms with Gasteiger partial charge >= 0.3 is 13.5 Å². The Hall–Kier alpha value is -2.38. The molecule has 3 aliphatic rings. The smallest absolute Gasteiger partial charge is 0.382 e. The van der Waals surface area contributed by atoms with Crippen LogP contribution in [0.15, 0.2) is 34.5 Å². The third-order valence-corrected chi connectivity index (χ3v) is 8.94. The van der Waals surface area contributed by atoms with Gasteiger partial charge in [0.05, 0.1) is 19.5 Å². The molecule has 1 unspecified atom stereocenters. The molecule has 222 valence electrons. The summed E-state index contributed by atoms with van der Waals surface area (Å²) < 4.78 is 79.0. The van der Waals surface area contributed by atoms with Crippen LogP contribution < -0.4 is 17.0 Å². The number of ether oxygens (including phenoxy) is 2. The summed E-state index contributed by atoms with van der Waals surface area (Å²) in [5.41, 5.74) is 4.49. The minimum Gasteiger partial charge on any atom is -0.382 e. The molecule has 3 fully saturated rings. The third kappa shape index (κ3) is 5.45. The SMILES string of the molecule is Nc1ncnc2c1ncn2[C@@H]1O[C@@H]2CO[P@@](S)O[C@@H]3[C@H](F)[C@@H](COP(=O)(O)O[C@@H]1[C@@H]2F)O[C@H]3n1ccc(=O)[nH]c1=O. The molecule has 0 radical (unpaired) electrons. The summed E-state index contributed by atoms with van der Waals surface area (Å²) in [6.07, 6.45) is -9.75. The van der Waals surface area contributed by atoms with E-state index in [9.17, 15) is 19.0 Å². The number of nitrogens with one attached hydrogen (secondary N) is 1. The number of hydrogen-bond acceptors (Lipinski definition) is 14. The molecule has 10 atom stereocenters. The summed E-state index contributed by atoms with van der Waals surface area (Å²) in [6.45, 7) is -1.38. The van der Waals surface area contributed by atoms with Gasteiger partial charge in [-0.15, -0.1) is 0 Å². The Balaban J connectivity index is 1.31. The molecule has 4 N–H and O–H groups in total. The highest BCUT2D eigenvalue weighted by molar-refractivity contribution is 8.41. The standard InChI is InChI=1S/C19H21F2N7O10P2S/c20-10-8-4-34-40(31,32)38-14-11(21)7(35-18(14)28-6-25-12-15(22)23-5-24-16(12)28)3-33-39(41)37-13(10)17(36-8)27-2-1-9(29)26-19(27)30/h1-2,5-8,10-11,13-14,17-18,41H,3-4H2,(H,31,32)(H2,22,23,24)(H,26,29,30)/t7-,8-,10-,11-,13-,14-,17-,18-,39-/m1/s1. The molecule has 0 spiro atoms. The summed E-state index contributed by atoms with van der Waals surface area (Å²) in [4.78, 5) is 48.3. The summed E-state index contributed by atoms with van der Waals surface area (Å²) in [7, 11) is -7.32. The van der Waals surface area contributed by atoms with Crippen LogP contribution in [-0.2, 0) is 32.1 Å². The predicted molar refractivity (Wildman–Crippen MR) is 136 cm³/mol. The van der Waals surface area contributed by atoms with Crippen LogP contribution in [-0.4, -0.2) is 83.9 Å². The molecule has 6 rings (SSSR count). The van der Waals surface area contributed by atoms with Crippen LogP contribution in [0.25, 0.3) is 11.2 Å². The van der Waals surface area contributed by atoms with Crippen molar-refractivity contribution in [3.05, 3.63) is 45.8 Å². The van der Waals surface area contributed by atoms with Crippen LogP contribution in [0, 0.1) is 0 Å². The van der Waals surface area contributed by atoms with Crippen LogP contribution in [0.2, 0.25) is 0 Å². The van der Waals surface area contributed by atoms with Crippen molar-refractivity contribution in [2.75, 3.05) is 18.9 Å². The van der Waals surface area contributed by atoms with E-state index in [2.05, 4.69) is 27.2 Å². The number of alkyl halides is 2. The number of nitrogens with two attached hydrogens (primary N) is 1. The molecule has 0 saturated carbocycles. The van der Waals surface area contributed by atoms with Gasteiger partial charge in [-0.25, -0.2) is 33.1 Å². The van der Waals surface area contributed by atoms with E-state index in [0.717, 1.165) is 23.2 Å². The minimum absolute atomic E-state index is 0.0339. The minimum atomic E-state index is -5.10. The largest absolute Gasteiger partial charge is 0.472 e. The van der Waals surface area contributed by atoms with Crippen molar-refractivity contribution in [3.63, 3.8) is 0 Å². The first-order valence-corrected chi connectivity index (χ1v) is 15.6. The molecule has 0 aromatic carbocycles. The lowest BCUT2D eigenvalue weighted by atomic mass is 10.1. The maximum absolute atomic E-state index is 15.7. The molecule has 6 heterocycles. The van der Waals surface area contributed by atoms with Gasteiger partial charge in [-0.05, 0) is 0 Å². The molecule has 3 aromatic rings. The van der Waals surface area contributed by atoms with Gasteiger partial charge in [-0.1, -0.05) is 12.2 Å². The number of halogens is 2. The lowest BCUT2D eigenvalue weighted by molar-refractivity contribution is -0.0631. The fourth-order valence-corrected chi connectivity index (χ4v) is 6.85. The average Bonchev–Trinajstić information content (AvgIpc) is 3.57. The molecule has 17 nitrogen and oxygen atoms in total. The van der Waals surface area contributed by atoms with Crippen molar-refractivity contribution in [1.82, 2.24) is 29.1 Å². The van der Waals surface area contributed by atoms with E-state index < -0.39 is 89.1 Å². The summed E-state index contributed by atoms with van der Waals surface area (Å²) in [5, 5.41) is 0. The number of aromatic amines is 1. The first kappa shape index (κ1) is 28.7. The fourth-order valence-electron chi connectivity index (χ4n) is 4.64. The zero-order valence-corrected chi connectivity index (χ0v) is 23.1. The van der Waals surface area contributed by atoms with Crippen LogP contribution in [0.4, 0.5) is 14.6 Å². The highest BCUT2D eigenvalue weighted by Crippen LogP contribution is 2.54. The summed E-state index contributed by atoms with van der Waals surface area (Å²) >= 11 is 4.21. The Labute approximate surface area is 233 Å². The number of nitrogens with zero attached hydrogens (tertiary/aromatic N) is 5. The van der Waals surface area contributed by atoms with Crippen molar-refractivity contribution in [1.29, 1.82) is 0 Å². The van der Waals surface area contributed by atoms with E-state index in [1.54, 1.807) is 0 Å². The van der Waals surface area contributed by atoms with E-state index >= 15 is 8.78 Å². The highest BCUT2D eigenvalue weighted by atomic mass is 32.7. The topological polar surface area (TPSA) is 217 Å². The molecule has 0 aliphatic carbocycles. The molecule has 22 heteroatoms. The quantitative estimate of drug-likeness (QED) is 0.222. The van der Waals surface area contributed by atoms with Gasteiger partial charge in [0.15, 0.2) is 36.3 Å². The van der Waals surface area contributed by atoms with Gasteiger partial charge in [-0.3, -0.25) is 28.0 Å². The molecule has 3 saturated heterocycles. The van der Waals surface area contributed by atoms with Gasteiger partial charge in [0.25, 0.3) is 5.56 Å². The number of phosphoric ester groups is 1. The Morgan fingerprint density at radius 1 is 1.10 bits per heavy atom. The molecule has 3 aliphatic heterocycles. The highest BCUT2D eigenvalue weighted by Gasteiger charge is 2.53. The molecule has 0 amide bonds. The molecular formula is C19H21F2N7O10P2S. The van der Waals surface area contributed by atoms with E-state index in [1.807, 2.05) is 4.98 Å².